The maximum atomic E-state index is 13.0. The third-order valence-corrected chi connectivity index (χ3v) is 3.54. The fourth-order valence-electron chi connectivity index (χ4n) is 2.10. The molecule has 0 aliphatic heterocycles. The second kappa shape index (κ2) is 7.70. The largest absolute Gasteiger partial charge is 0.399 e. The first-order chi connectivity index (χ1) is 11.4. The molecule has 0 aliphatic carbocycles. The highest BCUT2D eigenvalue weighted by Gasteiger charge is 2.24. The van der Waals surface area contributed by atoms with E-state index in [2.05, 4.69) is 15.3 Å². The van der Waals surface area contributed by atoms with Crippen LogP contribution in [0, 0.1) is 5.82 Å². The van der Waals surface area contributed by atoms with Crippen molar-refractivity contribution >= 4 is 12.1 Å². The number of benzene rings is 2. The molecule has 6 heteroatoms. The van der Waals surface area contributed by atoms with Crippen molar-refractivity contribution in [3.8, 4) is 0 Å². The van der Waals surface area contributed by atoms with E-state index in [-0.39, 0.29) is 18.3 Å². The molecule has 2 rings (SSSR count). The number of oxime groups is 1. The Morgan fingerprint density at radius 1 is 1.25 bits per heavy atom. The summed E-state index contributed by atoms with van der Waals surface area (Å²) in [4.78, 5) is 16.7. The lowest BCUT2D eigenvalue weighted by molar-refractivity contribution is 0.0526. The van der Waals surface area contributed by atoms with Crippen molar-refractivity contribution in [2.45, 2.75) is 12.5 Å². The van der Waals surface area contributed by atoms with Crippen LogP contribution in [0.5, 0.6) is 0 Å². The van der Waals surface area contributed by atoms with Gasteiger partial charge < -0.3 is 15.3 Å². The fourth-order valence-corrected chi connectivity index (χ4v) is 2.10. The summed E-state index contributed by atoms with van der Waals surface area (Å²) in [5.74, 6) is -0.691. The van der Waals surface area contributed by atoms with Crippen LogP contribution in [0.3, 0.4) is 0 Å². The molecule has 2 aromatic carbocycles. The summed E-state index contributed by atoms with van der Waals surface area (Å²) in [6.45, 7) is 1.56. The van der Waals surface area contributed by atoms with Crippen molar-refractivity contribution in [3.05, 3.63) is 71.0 Å². The monoisotopic (exact) mass is 330 g/mol. The minimum Gasteiger partial charge on any atom is -0.399 e. The standard InChI is InChI=1S/C18H19FN2O3/c1-18(23,15-7-9-16(19)10-8-15)12-20-17(22)14-5-3-13(4-6-14)11-21-24-2/h3-11,23H,12H2,1-2H3,(H,20,22)/b21-11+. The predicted octanol–water partition coefficient (Wildman–Crippen LogP) is 2.44. The topological polar surface area (TPSA) is 70.9 Å². The van der Waals surface area contributed by atoms with E-state index in [0.717, 1.165) is 5.56 Å². The highest BCUT2D eigenvalue weighted by atomic mass is 19.1. The van der Waals surface area contributed by atoms with Crippen LogP contribution in [0.2, 0.25) is 0 Å². The van der Waals surface area contributed by atoms with E-state index in [4.69, 9.17) is 0 Å². The first-order valence-electron chi connectivity index (χ1n) is 7.35. The number of carbonyl (C=O) groups excluding carboxylic acids is 1. The molecule has 0 saturated heterocycles. The molecule has 0 fully saturated rings. The first kappa shape index (κ1) is 17.6. The van der Waals surface area contributed by atoms with Crippen molar-refractivity contribution in [2.75, 3.05) is 13.7 Å². The minimum atomic E-state index is -1.30. The Morgan fingerprint density at radius 2 is 1.88 bits per heavy atom. The smallest absolute Gasteiger partial charge is 0.251 e. The molecule has 5 nitrogen and oxygen atoms in total. The molecule has 0 aromatic heterocycles. The Labute approximate surface area is 139 Å². The van der Waals surface area contributed by atoms with E-state index in [0.29, 0.717) is 11.1 Å². The Bertz CT molecular complexity index is 710. The van der Waals surface area contributed by atoms with Gasteiger partial charge in [0.25, 0.3) is 5.91 Å². The molecular weight excluding hydrogens is 311 g/mol. The van der Waals surface area contributed by atoms with E-state index < -0.39 is 5.60 Å². The summed E-state index contributed by atoms with van der Waals surface area (Å²) >= 11 is 0. The lowest BCUT2D eigenvalue weighted by atomic mass is 9.96. The van der Waals surface area contributed by atoms with Gasteiger partial charge in [0.15, 0.2) is 0 Å². The second-order valence-electron chi connectivity index (χ2n) is 5.50. The minimum absolute atomic E-state index is 0.00432. The van der Waals surface area contributed by atoms with Gasteiger partial charge in [-0.05, 0) is 42.3 Å². The summed E-state index contributed by atoms with van der Waals surface area (Å²) < 4.78 is 13.0. The summed E-state index contributed by atoms with van der Waals surface area (Å²) in [6, 6.07) is 12.3. The fraction of sp³-hybridized carbons (Fsp3) is 0.222. The van der Waals surface area contributed by atoms with E-state index in [1.165, 1.54) is 37.6 Å². The molecule has 1 atom stereocenters. The molecule has 2 N–H and O–H groups in total. The van der Waals surface area contributed by atoms with E-state index >= 15 is 0 Å². The van der Waals surface area contributed by atoms with Gasteiger partial charge in [-0.25, -0.2) is 4.39 Å². The molecule has 24 heavy (non-hydrogen) atoms. The first-order valence-corrected chi connectivity index (χ1v) is 7.35. The number of aliphatic hydroxyl groups is 1. The van der Waals surface area contributed by atoms with Gasteiger partial charge in [-0.2, -0.15) is 0 Å². The van der Waals surface area contributed by atoms with Crippen molar-refractivity contribution in [1.82, 2.24) is 5.32 Å². The Morgan fingerprint density at radius 3 is 2.46 bits per heavy atom. The maximum absolute atomic E-state index is 13.0. The number of nitrogens with one attached hydrogen (secondary N) is 1. The lowest BCUT2D eigenvalue weighted by Gasteiger charge is -2.24. The summed E-state index contributed by atoms with van der Waals surface area (Å²) in [7, 11) is 1.45. The van der Waals surface area contributed by atoms with Crippen LogP contribution >= 0.6 is 0 Å². The van der Waals surface area contributed by atoms with Gasteiger partial charge in [-0.3, -0.25) is 4.79 Å². The highest BCUT2D eigenvalue weighted by Crippen LogP contribution is 2.20. The van der Waals surface area contributed by atoms with Crippen LogP contribution < -0.4 is 5.32 Å². The zero-order chi connectivity index (χ0) is 17.6. The highest BCUT2D eigenvalue weighted by molar-refractivity contribution is 5.95. The van der Waals surface area contributed by atoms with Gasteiger partial charge in [0.2, 0.25) is 0 Å². The molecular formula is C18H19FN2O3. The zero-order valence-electron chi connectivity index (χ0n) is 13.5. The Hall–Kier alpha value is -2.73. The molecule has 0 heterocycles. The van der Waals surface area contributed by atoms with Crippen LogP contribution in [-0.2, 0) is 10.4 Å². The number of hydrogen-bond acceptors (Lipinski definition) is 4. The average molecular weight is 330 g/mol. The number of halogens is 1. The second-order valence-corrected chi connectivity index (χ2v) is 5.50. The molecule has 1 amide bonds. The zero-order valence-corrected chi connectivity index (χ0v) is 13.5. The van der Waals surface area contributed by atoms with Crippen molar-refractivity contribution in [2.24, 2.45) is 5.16 Å². The van der Waals surface area contributed by atoms with Gasteiger partial charge in [-0.15, -0.1) is 0 Å². The van der Waals surface area contributed by atoms with Crippen LogP contribution in [-0.4, -0.2) is 30.9 Å². The predicted molar refractivity (Wildman–Crippen MR) is 89.3 cm³/mol. The Kier molecular flexibility index (Phi) is 5.65. The van der Waals surface area contributed by atoms with Crippen molar-refractivity contribution < 1.29 is 19.1 Å². The number of carbonyl (C=O) groups is 1. The molecule has 0 radical (unpaired) electrons. The summed E-state index contributed by atoms with van der Waals surface area (Å²) in [6.07, 6.45) is 1.53. The average Bonchev–Trinajstić information content (AvgIpc) is 2.59. The van der Waals surface area contributed by atoms with Gasteiger partial charge in [0, 0.05) is 5.56 Å². The number of nitrogens with zero attached hydrogens (tertiary/aromatic N) is 1. The van der Waals surface area contributed by atoms with Gasteiger partial charge in [0.1, 0.15) is 18.5 Å². The molecule has 126 valence electrons. The molecule has 0 bridgehead atoms. The maximum Gasteiger partial charge on any atom is 0.251 e. The van der Waals surface area contributed by atoms with Gasteiger partial charge >= 0.3 is 0 Å². The number of rotatable bonds is 6. The van der Waals surface area contributed by atoms with E-state index in [9.17, 15) is 14.3 Å². The third-order valence-electron chi connectivity index (χ3n) is 3.54. The molecule has 1 unspecified atom stereocenters. The molecule has 0 saturated carbocycles. The van der Waals surface area contributed by atoms with E-state index in [1.54, 1.807) is 31.2 Å². The van der Waals surface area contributed by atoms with E-state index in [1.807, 2.05) is 0 Å². The Balaban J connectivity index is 1.99. The lowest BCUT2D eigenvalue weighted by Crippen LogP contribution is -2.38. The van der Waals surface area contributed by atoms with Crippen molar-refractivity contribution in [1.29, 1.82) is 0 Å². The number of amides is 1. The molecule has 2 aromatic rings. The van der Waals surface area contributed by atoms with Crippen LogP contribution in [0.15, 0.2) is 53.7 Å². The normalized spacial score (nSPS) is 13.5. The molecule has 0 spiro atoms. The van der Waals surface area contributed by atoms with Gasteiger partial charge in [0.05, 0.1) is 12.8 Å². The molecule has 0 aliphatic rings. The SMILES string of the molecule is CO/N=C/c1ccc(C(=O)NCC(C)(O)c2ccc(F)cc2)cc1. The number of hydrogen-bond donors (Lipinski definition) is 2. The van der Waals surface area contributed by atoms with Gasteiger partial charge in [-0.1, -0.05) is 29.4 Å². The van der Waals surface area contributed by atoms with Crippen LogP contribution in [0.4, 0.5) is 4.39 Å². The third kappa shape index (κ3) is 4.63. The summed E-state index contributed by atoms with van der Waals surface area (Å²) in [5.41, 5.74) is 0.482. The summed E-state index contributed by atoms with van der Waals surface area (Å²) in [5, 5.41) is 16.8. The quantitative estimate of drug-likeness (QED) is 0.631. The van der Waals surface area contributed by atoms with Crippen molar-refractivity contribution in [3.63, 3.8) is 0 Å². The van der Waals surface area contributed by atoms with Crippen LogP contribution in [0.25, 0.3) is 0 Å². The van der Waals surface area contributed by atoms with Crippen LogP contribution in [0.1, 0.15) is 28.4 Å².